The fourth-order valence-corrected chi connectivity index (χ4v) is 4.17. The monoisotopic (exact) mass is 422 g/mol. The molecule has 1 atom stereocenters. The van der Waals surface area contributed by atoms with Crippen LogP contribution in [0.15, 0.2) is 85.1 Å². The number of hydrogen-bond acceptors (Lipinski definition) is 4. The lowest BCUT2D eigenvalue weighted by atomic mass is 9.93. The zero-order valence-electron chi connectivity index (χ0n) is 18.1. The normalized spacial score (nSPS) is 15.6. The molecule has 0 aliphatic carbocycles. The molecule has 4 nitrogen and oxygen atoms in total. The van der Waals surface area contributed by atoms with E-state index in [1.807, 2.05) is 30.5 Å². The second-order valence-corrected chi connectivity index (χ2v) is 7.97. The van der Waals surface area contributed by atoms with E-state index < -0.39 is 0 Å². The summed E-state index contributed by atoms with van der Waals surface area (Å²) in [6.07, 6.45) is 7.17. The van der Waals surface area contributed by atoms with Crippen molar-refractivity contribution in [3.8, 4) is 11.5 Å². The third-order valence-electron chi connectivity index (χ3n) is 5.87. The van der Waals surface area contributed by atoms with Crippen LogP contribution in [0, 0.1) is 0 Å². The molecule has 0 radical (unpaired) electrons. The number of nitrogens with zero attached hydrogens (tertiary/aromatic N) is 1. The van der Waals surface area contributed by atoms with Crippen molar-refractivity contribution in [2.75, 3.05) is 13.7 Å². The largest absolute Gasteiger partial charge is 0.493 e. The molecular formula is C28H26N2O2. The molecule has 4 aromatic rings. The predicted molar refractivity (Wildman–Crippen MR) is 129 cm³/mol. The van der Waals surface area contributed by atoms with E-state index in [2.05, 4.69) is 71.0 Å². The maximum atomic E-state index is 6.12. The van der Waals surface area contributed by atoms with Crippen molar-refractivity contribution in [1.82, 2.24) is 10.3 Å². The van der Waals surface area contributed by atoms with Gasteiger partial charge < -0.3 is 14.8 Å². The van der Waals surface area contributed by atoms with E-state index in [9.17, 15) is 0 Å². The molecule has 2 heterocycles. The van der Waals surface area contributed by atoms with Gasteiger partial charge in [-0.2, -0.15) is 0 Å². The van der Waals surface area contributed by atoms with E-state index in [0.29, 0.717) is 6.61 Å². The number of ether oxygens (including phenoxy) is 2. The highest BCUT2D eigenvalue weighted by Crippen LogP contribution is 2.36. The molecule has 32 heavy (non-hydrogen) atoms. The fourth-order valence-electron chi connectivity index (χ4n) is 4.17. The lowest BCUT2D eigenvalue weighted by Crippen LogP contribution is -2.28. The Kier molecular flexibility index (Phi) is 5.86. The summed E-state index contributed by atoms with van der Waals surface area (Å²) in [5.74, 6) is 1.55. The van der Waals surface area contributed by atoms with Crippen LogP contribution < -0.4 is 14.8 Å². The van der Waals surface area contributed by atoms with Gasteiger partial charge in [-0.25, -0.2) is 0 Å². The fraction of sp³-hybridized carbons (Fsp3) is 0.179. The minimum absolute atomic E-state index is 0.121. The van der Waals surface area contributed by atoms with Crippen LogP contribution in [0.1, 0.15) is 28.3 Å². The average Bonchev–Trinajstić information content (AvgIpc) is 2.86. The Hall–Kier alpha value is -3.63. The first-order valence-corrected chi connectivity index (χ1v) is 10.9. The molecule has 5 rings (SSSR count). The number of rotatable bonds is 6. The zero-order chi connectivity index (χ0) is 21.8. The standard InChI is InChI=1S/C28H26N2O2/c1-31-27-18-24-23(17-28(27)32-19-21-6-3-2-4-7-21)13-15-30-25(24)12-10-20-9-11-22-8-5-14-29-26(22)16-20/h2-12,14,16-18,25,30H,13,15,19H2,1H3/b12-10+. The first kappa shape index (κ1) is 20.3. The zero-order valence-corrected chi connectivity index (χ0v) is 18.1. The van der Waals surface area contributed by atoms with Gasteiger partial charge in [0.2, 0.25) is 0 Å². The Bertz CT molecular complexity index is 1250. The minimum Gasteiger partial charge on any atom is -0.493 e. The van der Waals surface area contributed by atoms with Crippen molar-refractivity contribution in [2.24, 2.45) is 0 Å². The average molecular weight is 423 g/mol. The van der Waals surface area contributed by atoms with Gasteiger partial charge in [0.25, 0.3) is 0 Å². The quantitative estimate of drug-likeness (QED) is 0.431. The molecule has 0 saturated carbocycles. The molecule has 0 bridgehead atoms. The van der Waals surface area contributed by atoms with Gasteiger partial charge in [0.1, 0.15) is 6.61 Å². The summed E-state index contributed by atoms with van der Waals surface area (Å²) < 4.78 is 11.8. The van der Waals surface area contributed by atoms with Gasteiger partial charge in [0.05, 0.1) is 18.7 Å². The highest BCUT2D eigenvalue weighted by atomic mass is 16.5. The topological polar surface area (TPSA) is 43.4 Å². The smallest absolute Gasteiger partial charge is 0.161 e. The molecule has 1 aliphatic heterocycles. The maximum Gasteiger partial charge on any atom is 0.161 e. The molecule has 0 fully saturated rings. The lowest BCUT2D eigenvalue weighted by Gasteiger charge is -2.26. The van der Waals surface area contributed by atoms with Crippen LogP contribution >= 0.6 is 0 Å². The lowest BCUT2D eigenvalue weighted by molar-refractivity contribution is 0.283. The summed E-state index contributed by atoms with van der Waals surface area (Å²) in [5.41, 5.74) is 5.81. The molecule has 1 aromatic heterocycles. The van der Waals surface area contributed by atoms with Gasteiger partial charge in [0.15, 0.2) is 11.5 Å². The number of hydrogen-bond donors (Lipinski definition) is 1. The Morgan fingerprint density at radius 3 is 2.78 bits per heavy atom. The van der Waals surface area contributed by atoms with Crippen LogP contribution in [0.3, 0.4) is 0 Å². The number of methoxy groups -OCH3 is 1. The highest BCUT2D eigenvalue weighted by molar-refractivity contribution is 5.80. The third-order valence-corrected chi connectivity index (χ3v) is 5.87. The van der Waals surface area contributed by atoms with Gasteiger partial charge in [-0.05, 0) is 52.9 Å². The summed E-state index contributed by atoms with van der Waals surface area (Å²) in [5, 5.41) is 4.76. The highest BCUT2D eigenvalue weighted by Gasteiger charge is 2.21. The summed E-state index contributed by atoms with van der Waals surface area (Å²) in [6, 6.07) is 25.0. The number of benzene rings is 3. The van der Waals surface area contributed by atoms with Gasteiger partial charge in [-0.3, -0.25) is 4.98 Å². The van der Waals surface area contributed by atoms with E-state index in [1.54, 1.807) is 7.11 Å². The van der Waals surface area contributed by atoms with Crippen LogP contribution in [-0.4, -0.2) is 18.6 Å². The molecule has 1 aliphatic rings. The summed E-state index contributed by atoms with van der Waals surface area (Å²) >= 11 is 0. The van der Waals surface area contributed by atoms with Crippen molar-refractivity contribution < 1.29 is 9.47 Å². The number of fused-ring (bicyclic) bond motifs is 2. The van der Waals surface area contributed by atoms with E-state index in [4.69, 9.17) is 9.47 Å². The maximum absolute atomic E-state index is 6.12. The molecule has 3 aromatic carbocycles. The van der Waals surface area contributed by atoms with Crippen LogP contribution in [0.2, 0.25) is 0 Å². The van der Waals surface area contributed by atoms with Crippen LogP contribution in [0.5, 0.6) is 11.5 Å². The molecule has 0 spiro atoms. The summed E-state index contributed by atoms with van der Waals surface area (Å²) in [7, 11) is 1.69. The summed E-state index contributed by atoms with van der Waals surface area (Å²) in [6.45, 7) is 1.44. The van der Waals surface area contributed by atoms with Gasteiger partial charge >= 0.3 is 0 Å². The summed E-state index contributed by atoms with van der Waals surface area (Å²) in [4.78, 5) is 4.46. The Morgan fingerprint density at radius 1 is 1.00 bits per heavy atom. The van der Waals surface area contributed by atoms with Gasteiger partial charge in [0, 0.05) is 18.1 Å². The van der Waals surface area contributed by atoms with Crippen molar-refractivity contribution in [3.05, 3.63) is 107 Å². The number of nitrogens with one attached hydrogen (secondary N) is 1. The second-order valence-electron chi connectivity index (χ2n) is 7.97. The molecule has 4 heteroatoms. The van der Waals surface area contributed by atoms with Gasteiger partial charge in [-0.1, -0.05) is 60.7 Å². The van der Waals surface area contributed by atoms with E-state index >= 15 is 0 Å². The van der Waals surface area contributed by atoms with Crippen LogP contribution in [0.25, 0.3) is 17.0 Å². The van der Waals surface area contributed by atoms with Crippen molar-refractivity contribution in [3.63, 3.8) is 0 Å². The SMILES string of the molecule is COc1cc2c(cc1OCc1ccccc1)CCNC2/C=C/c1ccc2cccnc2c1. The third kappa shape index (κ3) is 4.36. The van der Waals surface area contributed by atoms with Crippen molar-refractivity contribution in [2.45, 2.75) is 19.1 Å². The Morgan fingerprint density at radius 2 is 1.91 bits per heavy atom. The van der Waals surface area contributed by atoms with E-state index in [-0.39, 0.29) is 6.04 Å². The second kappa shape index (κ2) is 9.25. The molecule has 1 N–H and O–H groups in total. The molecule has 160 valence electrons. The Labute approximate surface area is 188 Å². The first-order valence-electron chi connectivity index (χ1n) is 10.9. The number of pyridine rings is 1. The molecule has 0 amide bonds. The van der Waals surface area contributed by atoms with Crippen LogP contribution in [-0.2, 0) is 13.0 Å². The van der Waals surface area contributed by atoms with Crippen molar-refractivity contribution >= 4 is 17.0 Å². The molecule has 0 saturated heterocycles. The van der Waals surface area contributed by atoms with Crippen LogP contribution in [0.4, 0.5) is 0 Å². The molecule has 1 unspecified atom stereocenters. The van der Waals surface area contributed by atoms with Crippen molar-refractivity contribution in [1.29, 1.82) is 0 Å². The van der Waals surface area contributed by atoms with Gasteiger partial charge in [-0.15, -0.1) is 0 Å². The van der Waals surface area contributed by atoms with E-state index in [1.165, 1.54) is 11.1 Å². The van der Waals surface area contributed by atoms with E-state index in [0.717, 1.165) is 46.5 Å². The predicted octanol–water partition coefficient (Wildman–Crippen LogP) is 5.72. The molecular weight excluding hydrogens is 396 g/mol. The first-order chi connectivity index (χ1) is 15.8. The number of aromatic nitrogens is 1. The Balaban J connectivity index is 1.39. The minimum atomic E-state index is 0.121.